The highest BCUT2D eigenvalue weighted by atomic mass is 35.5. The molecule has 0 radical (unpaired) electrons. The average molecular weight is 376 g/mol. The fraction of sp³-hybridized carbons (Fsp3) is 0.0588. The third kappa shape index (κ3) is 4.07. The van der Waals surface area contributed by atoms with Crippen LogP contribution in [0.2, 0.25) is 5.02 Å². The molecule has 128 valence electrons. The maximum atomic E-state index is 12.5. The summed E-state index contributed by atoms with van der Waals surface area (Å²) in [6.07, 6.45) is 3.01. The molecule has 0 fully saturated rings. The number of nitrogens with one attached hydrogen (secondary N) is 1. The smallest absolute Gasteiger partial charge is 0.262 e. The minimum Gasteiger partial charge on any atom is -0.435 e. The molecule has 0 aliphatic rings. The van der Waals surface area contributed by atoms with Crippen molar-refractivity contribution in [2.24, 2.45) is 0 Å². The molecule has 0 unspecified atom stereocenters. The molecule has 2 aromatic heterocycles. The van der Waals surface area contributed by atoms with Gasteiger partial charge in [-0.15, -0.1) is 0 Å². The van der Waals surface area contributed by atoms with Crippen LogP contribution < -0.4 is 9.46 Å². The number of nitrogens with zero attached hydrogens (tertiary/aromatic N) is 2. The van der Waals surface area contributed by atoms with E-state index in [4.69, 9.17) is 16.3 Å². The summed E-state index contributed by atoms with van der Waals surface area (Å²) >= 11 is 5.96. The SMILES string of the molecule is Cc1ncccc1Oc1ncc(Cl)cc1NS(=O)(=O)c1ccccc1. The minimum atomic E-state index is -3.80. The Hall–Kier alpha value is -2.64. The Balaban J connectivity index is 1.96. The number of sulfonamides is 1. The van der Waals surface area contributed by atoms with Crippen molar-refractivity contribution in [3.05, 3.63) is 71.6 Å². The highest BCUT2D eigenvalue weighted by molar-refractivity contribution is 7.92. The Bertz CT molecular complexity index is 995. The molecule has 0 aliphatic carbocycles. The van der Waals surface area contributed by atoms with Crippen molar-refractivity contribution in [2.45, 2.75) is 11.8 Å². The van der Waals surface area contributed by atoms with Gasteiger partial charge < -0.3 is 4.74 Å². The van der Waals surface area contributed by atoms with Crippen molar-refractivity contribution in [2.75, 3.05) is 4.72 Å². The molecule has 1 aromatic carbocycles. The number of anilines is 1. The summed E-state index contributed by atoms with van der Waals surface area (Å²) in [6, 6.07) is 12.9. The third-order valence-electron chi connectivity index (χ3n) is 3.28. The fourth-order valence-corrected chi connectivity index (χ4v) is 3.29. The molecule has 1 N–H and O–H groups in total. The molecule has 25 heavy (non-hydrogen) atoms. The van der Waals surface area contributed by atoms with E-state index in [0.29, 0.717) is 11.4 Å². The predicted octanol–water partition coefficient (Wildman–Crippen LogP) is 4.03. The second kappa shape index (κ2) is 7.08. The van der Waals surface area contributed by atoms with Gasteiger partial charge in [0.1, 0.15) is 5.69 Å². The van der Waals surface area contributed by atoms with Gasteiger partial charge in [-0.2, -0.15) is 0 Å². The van der Waals surface area contributed by atoms with Gasteiger partial charge in [-0.25, -0.2) is 13.4 Å². The van der Waals surface area contributed by atoms with E-state index in [9.17, 15) is 8.42 Å². The summed E-state index contributed by atoms with van der Waals surface area (Å²) < 4.78 is 33.3. The van der Waals surface area contributed by atoms with Crippen molar-refractivity contribution in [3.63, 3.8) is 0 Å². The van der Waals surface area contributed by atoms with Crippen LogP contribution in [-0.2, 0) is 10.0 Å². The van der Waals surface area contributed by atoms with E-state index >= 15 is 0 Å². The van der Waals surface area contributed by atoms with Crippen LogP contribution in [0.1, 0.15) is 5.69 Å². The van der Waals surface area contributed by atoms with E-state index in [1.54, 1.807) is 43.5 Å². The number of pyridine rings is 2. The van der Waals surface area contributed by atoms with Gasteiger partial charge in [0.2, 0.25) is 5.88 Å². The normalized spacial score (nSPS) is 11.1. The van der Waals surface area contributed by atoms with E-state index in [0.717, 1.165) is 0 Å². The molecule has 0 amide bonds. The molecule has 6 nitrogen and oxygen atoms in total. The zero-order valence-corrected chi connectivity index (χ0v) is 14.8. The first-order chi connectivity index (χ1) is 12.0. The summed E-state index contributed by atoms with van der Waals surface area (Å²) in [5.74, 6) is 0.553. The van der Waals surface area contributed by atoms with Crippen LogP contribution in [0.15, 0.2) is 65.8 Å². The van der Waals surface area contributed by atoms with Crippen molar-refractivity contribution in [1.82, 2.24) is 9.97 Å². The molecular formula is C17H14ClN3O3S. The summed E-state index contributed by atoms with van der Waals surface area (Å²) in [6.45, 7) is 1.78. The Labute approximate surface area is 150 Å². The highest BCUT2D eigenvalue weighted by Gasteiger charge is 2.18. The maximum Gasteiger partial charge on any atom is 0.262 e. The molecule has 0 saturated carbocycles. The van der Waals surface area contributed by atoms with E-state index in [1.807, 2.05) is 0 Å². The third-order valence-corrected chi connectivity index (χ3v) is 4.87. The molecule has 0 aliphatic heterocycles. The number of aryl methyl sites for hydroxylation is 1. The zero-order valence-electron chi connectivity index (χ0n) is 13.2. The van der Waals surface area contributed by atoms with Gasteiger partial charge in [-0.1, -0.05) is 29.8 Å². The Morgan fingerprint density at radius 1 is 1.08 bits per heavy atom. The highest BCUT2D eigenvalue weighted by Crippen LogP contribution is 2.32. The molecule has 3 aromatic rings. The van der Waals surface area contributed by atoms with Gasteiger partial charge in [-0.05, 0) is 37.3 Å². The van der Waals surface area contributed by atoms with Crippen LogP contribution >= 0.6 is 11.6 Å². The Morgan fingerprint density at radius 2 is 1.84 bits per heavy atom. The van der Waals surface area contributed by atoms with Gasteiger partial charge in [0.25, 0.3) is 10.0 Å². The number of hydrogen-bond donors (Lipinski definition) is 1. The number of aromatic nitrogens is 2. The van der Waals surface area contributed by atoms with Gasteiger partial charge in [-0.3, -0.25) is 9.71 Å². The molecule has 0 saturated heterocycles. The second-order valence-corrected chi connectivity index (χ2v) is 7.23. The number of benzene rings is 1. The van der Waals surface area contributed by atoms with Gasteiger partial charge >= 0.3 is 0 Å². The standard InChI is InChI=1S/C17H14ClN3O3S/c1-12-16(8-5-9-19-12)24-17-15(10-13(18)11-20-17)21-25(22,23)14-6-3-2-4-7-14/h2-11,21H,1H3. The van der Waals surface area contributed by atoms with Crippen molar-refractivity contribution < 1.29 is 13.2 Å². The number of rotatable bonds is 5. The lowest BCUT2D eigenvalue weighted by Crippen LogP contribution is -2.14. The lowest BCUT2D eigenvalue weighted by Gasteiger charge is -2.13. The summed E-state index contributed by atoms with van der Waals surface area (Å²) in [5.41, 5.74) is 0.788. The first-order valence-corrected chi connectivity index (χ1v) is 9.15. The van der Waals surface area contributed by atoms with Crippen LogP contribution in [0, 0.1) is 6.92 Å². The molecule has 2 heterocycles. The first-order valence-electron chi connectivity index (χ1n) is 7.28. The topological polar surface area (TPSA) is 81.2 Å². The van der Waals surface area contributed by atoms with E-state index < -0.39 is 10.0 Å². The largest absolute Gasteiger partial charge is 0.435 e. The summed E-state index contributed by atoms with van der Waals surface area (Å²) in [5, 5.41) is 0.279. The van der Waals surface area contributed by atoms with Gasteiger partial charge in [0.05, 0.1) is 15.6 Å². The number of hydrogen-bond acceptors (Lipinski definition) is 5. The van der Waals surface area contributed by atoms with Crippen LogP contribution in [0.5, 0.6) is 11.6 Å². The van der Waals surface area contributed by atoms with Crippen molar-refractivity contribution >= 4 is 27.3 Å². The second-order valence-electron chi connectivity index (χ2n) is 5.11. The Morgan fingerprint density at radius 3 is 2.56 bits per heavy atom. The molecule has 3 rings (SSSR count). The fourth-order valence-electron chi connectivity index (χ4n) is 2.07. The molecule has 0 bridgehead atoms. The molecule has 0 spiro atoms. The first kappa shape index (κ1) is 17.2. The van der Waals surface area contributed by atoms with E-state index in [2.05, 4.69) is 14.7 Å². The monoisotopic (exact) mass is 375 g/mol. The maximum absolute atomic E-state index is 12.5. The summed E-state index contributed by atoms with van der Waals surface area (Å²) in [7, 11) is -3.80. The van der Waals surface area contributed by atoms with Gasteiger partial charge in [0.15, 0.2) is 5.75 Å². The van der Waals surface area contributed by atoms with Crippen LogP contribution in [0.4, 0.5) is 5.69 Å². The van der Waals surface area contributed by atoms with Crippen LogP contribution in [-0.4, -0.2) is 18.4 Å². The zero-order chi connectivity index (χ0) is 17.9. The Kier molecular flexibility index (Phi) is 4.87. The lowest BCUT2D eigenvalue weighted by molar-refractivity contribution is 0.459. The average Bonchev–Trinajstić information content (AvgIpc) is 2.59. The van der Waals surface area contributed by atoms with Gasteiger partial charge in [0, 0.05) is 12.4 Å². The van der Waals surface area contributed by atoms with E-state index in [1.165, 1.54) is 24.4 Å². The number of halogens is 1. The summed E-state index contributed by atoms with van der Waals surface area (Å²) in [4.78, 5) is 8.33. The van der Waals surface area contributed by atoms with Crippen molar-refractivity contribution in [3.8, 4) is 11.6 Å². The predicted molar refractivity (Wildman–Crippen MR) is 95.5 cm³/mol. The number of ether oxygens (including phenoxy) is 1. The quantitative estimate of drug-likeness (QED) is 0.728. The van der Waals surface area contributed by atoms with E-state index in [-0.39, 0.29) is 21.5 Å². The molecule has 0 atom stereocenters. The molecular weight excluding hydrogens is 362 g/mol. The minimum absolute atomic E-state index is 0.0833. The lowest BCUT2D eigenvalue weighted by atomic mass is 10.3. The van der Waals surface area contributed by atoms with Crippen LogP contribution in [0.25, 0.3) is 0 Å². The van der Waals surface area contributed by atoms with Crippen LogP contribution in [0.3, 0.4) is 0 Å². The van der Waals surface area contributed by atoms with Crippen molar-refractivity contribution in [1.29, 1.82) is 0 Å². The molecule has 8 heteroatoms.